The lowest BCUT2D eigenvalue weighted by molar-refractivity contribution is 0.176. The van der Waals surface area contributed by atoms with E-state index in [0.717, 1.165) is 22.6 Å². The number of urea groups is 1. The maximum Gasteiger partial charge on any atom is 0.321 e. The maximum absolute atomic E-state index is 12.2. The molecule has 0 aromatic heterocycles. The summed E-state index contributed by atoms with van der Waals surface area (Å²) in [5.41, 5.74) is 4.04. The smallest absolute Gasteiger partial charge is 0.321 e. The number of hydrogen-bond acceptors (Lipinski definition) is 3. The first-order valence-electron chi connectivity index (χ1n) is 8.54. The number of anilines is 1. The molecule has 1 fully saturated rings. The van der Waals surface area contributed by atoms with E-state index in [2.05, 4.69) is 24.4 Å². The zero-order chi connectivity index (χ0) is 17.8. The van der Waals surface area contributed by atoms with Crippen LogP contribution in [-0.4, -0.2) is 35.2 Å². The Morgan fingerprint density at radius 1 is 1.28 bits per heavy atom. The number of nitrogens with one attached hydrogen (secondary N) is 1. The molecule has 25 heavy (non-hydrogen) atoms. The first kappa shape index (κ1) is 17.3. The number of carbonyl (C=O) groups excluding carboxylic acids is 1. The fraction of sp³-hybridized carbons (Fsp3) is 0.350. The molecule has 5 heteroatoms. The van der Waals surface area contributed by atoms with Gasteiger partial charge in [0.1, 0.15) is 12.4 Å². The van der Waals surface area contributed by atoms with Crippen LogP contribution >= 0.6 is 0 Å². The number of likely N-dealkylation sites (tertiary alicyclic amines) is 1. The molecule has 2 amide bonds. The summed E-state index contributed by atoms with van der Waals surface area (Å²) >= 11 is 0. The largest absolute Gasteiger partial charge is 0.489 e. The molecule has 3 rings (SSSR count). The summed E-state index contributed by atoms with van der Waals surface area (Å²) in [7, 11) is 0. The number of aliphatic hydroxyl groups is 1. The summed E-state index contributed by atoms with van der Waals surface area (Å²) in [6.07, 6.45) is 0.224. The van der Waals surface area contributed by atoms with E-state index in [0.29, 0.717) is 26.1 Å². The first-order valence-corrected chi connectivity index (χ1v) is 8.54. The van der Waals surface area contributed by atoms with Crippen LogP contribution in [0.25, 0.3) is 0 Å². The zero-order valence-electron chi connectivity index (χ0n) is 14.7. The van der Waals surface area contributed by atoms with Gasteiger partial charge in [-0.2, -0.15) is 0 Å². The number of aliphatic hydroxyl groups excluding tert-OH is 1. The van der Waals surface area contributed by atoms with Gasteiger partial charge in [-0.25, -0.2) is 4.79 Å². The third-order valence-corrected chi connectivity index (χ3v) is 4.38. The van der Waals surface area contributed by atoms with Gasteiger partial charge < -0.3 is 20.1 Å². The normalized spacial score (nSPS) is 16.8. The van der Waals surface area contributed by atoms with Crippen LogP contribution in [0.1, 0.15) is 23.1 Å². The third kappa shape index (κ3) is 4.51. The molecule has 0 bridgehead atoms. The van der Waals surface area contributed by atoms with Gasteiger partial charge in [-0.05, 0) is 49.6 Å². The molecule has 1 heterocycles. The predicted octanol–water partition coefficient (Wildman–Crippen LogP) is 3.48. The molecule has 0 aliphatic carbocycles. The molecule has 2 aromatic carbocycles. The monoisotopic (exact) mass is 340 g/mol. The average Bonchev–Trinajstić information content (AvgIpc) is 3.02. The Bertz CT molecular complexity index is 760. The Labute approximate surface area is 148 Å². The van der Waals surface area contributed by atoms with Crippen molar-refractivity contribution < 1.29 is 14.6 Å². The van der Waals surface area contributed by atoms with E-state index in [4.69, 9.17) is 4.74 Å². The minimum atomic E-state index is -0.413. The standard InChI is InChI=1S/C20H24N2O3/c1-14-4-3-5-16(10-14)13-25-18-6-7-19(15(2)11-18)21-20(24)22-9-8-17(23)12-22/h3-7,10-11,17,23H,8-9,12-13H2,1-2H3,(H,21,24)/t17-/m1/s1. The lowest BCUT2D eigenvalue weighted by atomic mass is 10.1. The summed E-state index contributed by atoms with van der Waals surface area (Å²) in [6, 6.07) is 13.7. The van der Waals surface area contributed by atoms with Crippen LogP contribution in [0.15, 0.2) is 42.5 Å². The molecule has 1 aliphatic heterocycles. The summed E-state index contributed by atoms with van der Waals surface area (Å²) in [5, 5.41) is 12.4. The Kier molecular flexibility index (Phi) is 5.24. The summed E-state index contributed by atoms with van der Waals surface area (Å²) in [4.78, 5) is 13.8. The summed E-state index contributed by atoms with van der Waals surface area (Å²) in [5.74, 6) is 0.772. The quantitative estimate of drug-likeness (QED) is 0.896. The van der Waals surface area contributed by atoms with Crippen molar-refractivity contribution in [2.75, 3.05) is 18.4 Å². The van der Waals surface area contributed by atoms with Crippen LogP contribution < -0.4 is 10.1 Å². The lowest BCUT2D eigenvalue weighted by Crippen LogP contribution is -2.33. The van der Waals surface area contributed by atoms with E-state index in [-0.39, 0.29) is 6.03 Å². The highest BCUT2D eigenvalue weighted by Crippen LogP contribution is 2.23. The van der Waals surface area contributed by atoms with Gasteiger partial charge in [0.2, 0.25) is 0 Å². The highest BCUT2D eigenvalue weighted by Gasteiger charge is 2.24. The second-order valence-electron chi connectivity index (χ2n) is 6.57. The number of hydrogen-bond donors (Lipinski definition) is 2. The van der Waals surface area contributed by atoms with Crippen LogP contribution in [0, 0.1) is 13.8 Å². The number of ether oxygens (including phenoxy) is 1. The number of nitrogens with zero attached hydrogens (tertiary/aromatic N) is 1. The molecular formula is C20H24N2O3. The van der Waals surface area contributed by atoms with Gasteiger partial charge >= 0.3 is 6.03 Å². The van der Waals surface area contributed by atoms with Crippen molar-refractivity contribution in [1.29, 1.82) is 0 Å². The summed E-state index contributed by atoms with van der Waals surface area (Å²) < 4.78 is 5.85. The second kappa shape index (κ2) is 7.57. The van der Waals surface area contributed by atoms with Crippen molar-refractivity contribution in [3.05, 3.63) is 59.2 Å². The van der Waals surface area contributed by atoms with Gasteiger partial charge in [-0.1, -0.05) is 29.8 Å². The average molecular weight is 340 g/mol. The number of carbonyl (C=O) groups is 1. The second-order valence-corrected chi connectivity index (χ2v) is 6.57. The van der Waals surface area contributed by atoms with E-state index < -0.39 is 6.10 Å². The molecule has 0 saturated carbocycles. The molecule has 5 nitrogen and oxygen atoms in total. The highest BCUT2D eigenvalue weighted by atomic mass is 16.5. The van der Waals surface area contributed by atoms with E-state index >= 15 is 0 Å². The Morgan fingerprint density at radius 3 is 2.80 bits per heavy atom. The molecule has 132 valence electrons. The fourth-order valence-electron chi connectivity index (χ4n) is 2.96. The molecule has 0 radical (unpaired) electrons. The predicted molar refractivity (Wildman–Crippen MR) is 97.9 cm³/mol. The van der Waals surface area contributed by atoms with E-state index in [1.807, 2.05) is 37.3 Å². The minimum Gasteiger partial charge on any atom is -0.489 e. The van der Waals surface area contributed by atoms with Crippen molar-refractivity contribution in [3.63, 3.8) is 0 Å². The molecule has 0 unspecified atom stereocenters. The van der Waals surface area contributed by atoms with Crippen molar-refractivity contribution in [1.82, 2.24) is 4.90 Å². The van der Waals surface area contributed by atoms with Gasteiger partial charge in [0, 0.05) is 18.8 Å². The molecule has 2 N–H and O–H groups in total. The van der Waals surface area contributed by atoms with Gasteiger partial charge in [0.25, 0.3) is 0 Å². The molecule has 1 atom stereocenters. The topological polar surface area (TPSA) is 61.8 Å². The number of amides is 2. The Morgan fingerprint density at radius 2 is 2.12 bits per heavy atom. The van der Waals surface area contributed by atoms with Crippen LogP contribution in [-0.2, 0) is 6.61 Å². The van der Waals surface area contributed by atoms with E-state index in [1.165, 1.54) is 5.56 Å². The lowest BCUT2D eigenvalue weighted by Gasteiger charge is -2.18. The minimum absolute atomic E-state index is 0.173. The SMILES string of the molecule is Cc1cccc(COc2ccc(NC(=O)N3CC[C@@H](O)C3)c(C)c2)c1. The molecular weight excluding hydrogens is 316 g/mol. The molecule has 2 aromatic rings. The van der Waals surface area contributed by atoms with Crippen LogP contribution in [0.5, 0.6) is 5.75 Å². The van der Waals surface area contributed by atoms with Gasteiger partial charge in [0.15, 0.2) is 0 Å². The van der Waals surface area contributed by atoms with Crippen LogP contribution in [0.4, 0.5) is 10.5 Å². The fourth-order valence-corrected chi connectivity index (χ4v) is 2.96. The van der Waals surface area contributed by atoms with Crippen molar-refractivity contribution in [2.24, 2.45) is 0 Å². The number of benzene rings is 2. The highest BCUT2D eigenvalue weighted by molar-refractivity contribution is 5.90. The first-order chi connectivity index (χ1) is 12.0. The molecule has 1 saturated heterocycles. The number of aryl methyl sites for hydroxylation is 2. The summed E-state index contributed by atoms with van der Waals surface area (Å²) in [6.45, 7) is 5.49. The maximum atomic E-state index is 12.2. The van der Waals surface area contributed by atoms with Gasteiger partial charge in [0.05, 0.1) is 6.10 Å². The van der Waals surface area contributed by atoms with Gasteiger partial charge in [-0.15, -0.1) is 0 Å². The van der Waals surface area contributed by atoms with Crippen LogP contribution in [0.2, 0.25) is 0 Å². The molecule has 1 aliphatic rings. The van der Waals surface area contributed by atoms with E-state index in [1.54, 1.807) is 4.90 Å². The third-order valence-electron chi connectivity index (χ3n) is 4.38. The van der Waals surface area contributed by atoms with E-state index in [9.17, 15) is 9.90 Å². The number of β-amino-alcohol motifs (C(OH)–C–C–N with tert-alkyl or cyclic N) is 1. The Hall–Kier alpha value is -2.53. The van der Waals surface area contributed by atoms with Crippen molar-refractivity contribution in [3.8, 4) is 5.75 Å². The van der Waals surface area contributed by atoms with Crippen LogP contribution in [0.3, 0.4) is 0 Å². The van der Waals surface area contributed by atoms with Crippen molar-refractivity contribution in [2.45, 2.75) is 33.0 Å². The van der Waals surface area contributed by atoms with Gasteiger partial charge in [-0.3, -0.25) is 0 Å². The zero-order valence-corrected chi connectivity index (χ0v) is 14.7. The Balaban J connectivity index is 1.59. The van der Waals surface area contributed by atoms with Crippen molar-refractivity contribution >= 4 is 11.7 Å². The number of rotatable bonds is 4. The molecule has 0 spiro atoms.